The molecule has 5 rings (SSSR count). The molecule has 0 saturated carbocycles. The summed E-state index contributed by atoms with van der Waals surface area (Å²) < 4.78 is 22.2. The van der Waals surface area contributed by atoms with Crippen molar-refractivity contribution in [2.45, 2.75) is 32.0 Å². The summed E-state index contributed by atoms with van der Waals surface area (Å²) in [5.41, 5.74) is 2.00. The Morgan fingerprint density at radius 2 is 1.62 bits per heavy atom. The van der Waals surface area contributed by atoms with Crippen LogP contribution in [0.25, 0.3) is 21.5 Å². The van der Waals surface area contributed by atoms with Crippen LogP contribution in [0.3, 0.4) is 0 Å². The van der Waals surface area contributed by atoms with Gasteiger partial charge in [0.05, 0.1) is 21.3 Å². The minimum Gasteiger partial charge on any atom is -0.493 e. The first-order valence-corrected chi connectivity index (χ1v) is 12.2. The summed E-state index contributed by atoms with van der Waals surface area (Å²) in [6, 6.07) is 21.3. The van der Waals surface area contributed by atoms with Crippen molar-refractivity contribution in [2.75, 3.05) is 21.3 Å². The highest BCUT2D eigenvalue weighted by Gasteiger charge is 2.37. The summed E-state index contributed by atoms with van der Waals surface area (Å²) in [5, 5.41) is 3.83. The van der Waals surface area contributed by atoms with Gasteiger partial charge in [-0.1, -0.05) is 36.4 Å². The topological polar surface area (TPSA) is 74.3 Å². The van der Waals surface area contributed by atoms with Gasteiger partial charge in [0.1, 0.15) is 18.4 Å². The van der Waals surface area contributed by atoms with Crippen molar-refractivity contribution in [3.05, 3.63) is 77.9 Å². The molecule has 1 fully saturated rings. The summed E-state index contributed by atoms with van der Waals surface area (Å²) in [6.07, 6.45) is 0.779. The van der Waals surface area contributed by atoms with Gasteiger partial charge < -0.3 is 23.8 Å². The molecule has 7 nitrogen and oxygen atoms in total. The van der Waals surface area contributed by atoms with Crippen molar-refractivity contribution in [1.29, 1.82) is 0 Å². The van der Waals surface area contributed by atoms with E-state index in [0.29, 0.717) is 30.9 Å². The van der Waals surface area contributed by atoms with Gasteiger partial charge in [-0.05, 0) is 69.4 Å². The van der Waals surface area contributed by atoms with Crippen LogP contribution in [0.1, 0.15) is 24.0 Å². The van der Waals surface area contributed by atoms with Crippen LogP contribution in [0.2, 0.25) is 0 Å². The molecule has 0 spiro atoms. The van der Waals surface area contributed by atoms with E-state index in [1.807, 2.05) is 60.7 Å². The van der Waals surface area contributed by atoms with Crippen molar-refractivity contribution < 1.29 is 28.5 Å². The summed E-state index contributed by atoms with van der Waals surface area (Å²) in [7, 11) is 4.55. The molecule has 0 aromatic heterocycles. The van der Waals surface area contributed by atoms with E-state index in [4.69, 9.17) is 18.9 Å². The van der Waals surface area contributed by atoms with Gasteiger partial charge in [-0.25, -0.2) is 4.79 Å². The minimum absolute atomic E-state index is 0.0613. The third-order valence-electron chi connectivity index (χ3n) is 6.90. The lowest BCUT2D eigenvalue weighted by Gasteiger charge is -2.24. The van der Waals surface area contributed by atoms with E-state index < -0.39 is 12.0 Å². The lowest BCUT2D eigenvalue weighted by atomic mass is 9.96. The number of fused-ring (bicyclic) bond motifs is 3. The lowest BCUT2D eigenvalue weighted by Crippen LogP contribution is -2.38. The van der Waals surface area contributed by atoms with E-state index >= 15 is 0 Å². The van der Waals surface area contributed by atoms with E-state index in [0.717, 1.165) is 38.4 Å². The van der Waals surface area contributed by atoms with Crippen molar-refractivity contribution >= 4 is 33.4 Å². The Bertz CT molecular complexity index is 1470. The fourth-order valence-corrected chi connectivity index (χ4v) is 4.99. The molecule has 1 atom stereocenters. The Kier molecular flexibility index (Phi) is 6.86. The first-order chi connectivity index (χ1) is 18.0. The number of hydrogen-bond donors (Lipinski definition) is 0. The second-order valence-electron chi connectivity index (χ2n) is 9.04. The molecular weight excluding hydrogens is 470 g/mol. The van der Waals surface area contributed by atoms with Crippen LogP contribution in [0.4, 0.5) is 0 Å². The highest BCUT2D eigenvalue weighted by Crippen LogP contribution is 2.39. The highest BCUT2D eigenvalue weighted by molar-refractivity contribution is 6.10. The number of nitrogens with zero attached hydrogens (tertiary/aromatic N) is 1. The van der Waals surface area contributed by atoms with Gasteiger partial charge in [-0.3, -0.25) is 4.79 Å². The van der Waals surface area contributed by atoms with Gasteiger partial charge in [0.25, 0.3) is 0 Å². The molecule has 7 heteroatoms. The third-order valence-corrected chi connectivity index (χ3v) is 6.90. The van der Waals surface area contributed by atoms with Crippen molar-refractivity contribution in [3.63, 3.8) is 0 Å². The highest BCUT2D eigenvalue weighted by atomic mass is 16.5. The number of esters is 1. The number of methoxy groups -OCH3 is 3. The van der Waals surface area contributed by atoms with Gasteiger partial charge in [0.15, 0.2) is 11.5 Å². The summed E-state index contributed by atoms with van der Waals surface area (Å²) in [4.78, 5) is 26.7. The first kappa shape index (κ1) is 24.4. The van der Waals surface area contributed by atoms with E-state index in [1.165, 1.54) is 7.11 Å². The minimum atomic E-state index is -0.586. The van der Waals surface area contributed by atoms with E-state index in [1.54, 1.807) is 19.1 Å². The molecule has 4 aromatic rings. The van der Waals surface area contributed by atoms with Crippen LogP contribution in [-0.2, 0) is 27.5 Å². The van der Waals surface area contributed by atoms with Crippen LogP contribution in [0.15, 0.2) is 66.7 Å². The third kappa shape index (κ3) is 4.77. The number of benzene rings is 4. The maximum absolute atomic E-state index is 12.7. The number of ether oxygens (including phenoxy) is 4. The second kappa shape index (κ2) is 10.4. The normalized spacial score (nSPS) is 15.3. The van der Waals surface area contributed by atoms with Gasteiger partial charge in [0.2, 0.25) is 5.91 Å². The molecule has 37 heavy (non-hydrogen) atoms. The Morgan fingerprint density at radius 1 is 0.892 bits per heavy atom. The van der Waals surface area contributed by atoms with Gasteiger partial charge in [0, 0.05) is 13.0 Å². The molecule has 0 N–H and O–H groups in total. The van der Waals surface area contributed by atoms with E-state index in [2.05, 4.69) is 6.07 Å². The van der Waals surface area contributed by atoms with Gasteiger partial charge in [-0.15, -0.1) is 0 Å². The largest absolute Gasteiger partial charge is 0.493 e. The van der Waals surface area contributed by atoms with Crippen LogP contribution in [0.5, 0.6) is 17.2 Å². The average molecular weight is 500 g/mol. The molecule has 4 aromatic carbocycles. The van der Waals surface area contributed by atoms with Crippen LogP contribution in [-0.4, -0.2) is 44.1 Å². The second-order valence-corrected chi connectivity index (χ2v) is 9.04. The molecule has 1 aliphatic heterocycles. The molecule has 0 unspecified atom stereocenters. The molecule has 1 heterocycles. The van der Waals surface area contributed by atoms with E-state index in [-0.39, 0.29) is 12.5 Å². The number of carbonyl (C=O) groups is 2. The number of rotatable bonds is 8. The lowest BCUT2D eigenvalue weighted by molar-refractivity contribution is -0.149. The Hall–Kier alpha value is -4.26. The zero-order valence-corrected chi connectivity index (χ0v) is 21.2. The van der Waals surface area contributed by atoms with Crippen LogP contribution < -0.4 is 14.2 Å². The Morgan fingerprint density at radius 3 is 2.32 bits per heavy atom. The van der Waals surface area contributed by atoms with Gasteiger partial charge >= 0.3 is 5.97 Å². The maximum atomic E-state index is 12.7. The molecule has 0 aliphatic carbocycles. The zero-order valence-electron chi connectivity index (χ0n) is 21.2. The fraction of sp³-hybridized carbons (Fsp3) is 0.267. The SMILES string of the molecule is COC(=O)[C@H]1CCC(=O)N1Cc1cc2ccc(OCc3ccccc3)cc2c2cc(OC)c(OC)cc12. The Labute approximate surface area is 215 Å². The van der Waals surface area contributed by atoms with Crippen molar-refractivity contribution in [2.24, 2.45) is 0 Å². The predicted molar refractivity (Wildman–Crippen MR) is 141 cm³/mol. The molecule has 0 radical (unpaired) electrons. The van der Waals surface area contributed by atoms with Crippen molar-refractivity contribution in [1.82, 2.24) is 4.90 Å². The predicted octanol–water partition coefficient (Wildman–Crippen LogP) is 5.25. The van der Waals surface area contributed by atoms with Crippen LogP contribution >= 0.6 is 0 Å². The number of amides is 1. The van der Waals surface area contributed by atoms with Crippen LogP contribution in [0, 0.1) is 0 Å². The molecular formula is C30H29NO6. The van der Waals surface area contributed by atoms with E-state index in [9.17, 15) is 9.59 Å². The molecule has 0 bridgehead atoms. The fourth-order valence-electron chi connectivity index (χ4n) is 4.99. The summed E-state index contributed by atoms with van der Waals surface area (Å²) in [5.74, 6) is 1.49. The Balaban J connectivity index is 1.60. The smallest absolute Gasteiger partial charge is 0.328 e. The first-order valence-electron chi connectivity index (χ1n) is 12.2. The number of hydrogen-bond acceptors (Lipinski definition) is 6. The monoisotopic (exact) mass is 499 g/mol. The number of carbonyl (C=O) groups excluding carboxylic acids is 2. The van der Waals surface area contributed by atoms with Gasteiger partial charge in [-0.2, -0.15) is 0 Å². The zero-order chi connectivity index (χ0) is 25.9. The molecule has 190 valence electrons. The number of likely N-dealkylation sites (tertiary alicyclic amines) is 1. The molecule has 1 saturated heterocycles. The van der Waals surface area contributed by atoms with Crippen molar-refractivity contribution in [3.8, 4) is 17.2 Å². The molecule has 1 amide bonds. The standard InChI is InChI=1S/C30H29NO6/c1-34-27-15-24-21(17-31-26(30(33)36-3)11-12-29(31)32)13-20-9-10-22(37-18-19-7-5-4-6-8-19)14-23(20)25(24)16-28(27)35-2/h4-10,13-16,26H,11-12,17-18H2,1-3H3/t26-/m1/s1. The summed E-state index contributed by atoms with van der Waals surface area (Å²) in [6.45, 7) is 0.748. The maximum Gasteiger partial charge on any atom is 0.328 e. The summed E-state index contributed by atoms with van der Waals surface area (Å²) >= 11 is 0. The quantitative estimate of drug-likeness (QED) is 0.243. The molecule has 1 aliphatic rings. The average Bonchev–Trinajstić information content (AvgIpc) is 3.30.